The van der Waals surface area contributed by atoms with Gasteiger partial charge in [-0.1, -0.05) is 0 Å². The van der Waals surface area contributed by atoms with Gasteiger partial charge in [0.05, 0.1) is 0 Å². The summed E-state index contributed by atoms with van der Waals surface area (Å²) in [7, 11) is 0. The maximum atomic E-state index is 7.08. The van der Waals surface area contributed by atoms with Gasteiger partial charge in [0.15, 0.2) is 0 Å². The van der Waals surface area contributed by atoms with Gasteiger partial charge in [0, 0.05) is 0 Å². The van der Waals surface area contributed by atoms with E-state index in [0.29, 0.717) is 0 Å². The van der Waals surface area contributed by atoms with E-state index >= 15 is 0 Å². The zero-order chi connectivity index (χ0) is 22.2. The quantitative estimate of drug-likeness (QED) is 0.410. The molecule has 0 saturated heterocycles. The Morgan fingerprint density at radius 1 is 0.516 bits per heavy atom. The van der Waals surface area contributed by atoms with Crippen LogP contribution < -0.4 is 5.63 Å². The van der Waals surface area contributed by atoms with Crippen molar-refractivity contribution in [3.8, 4) is 11.5 Å². The van der Waals surface area contributed by atoms with Crippen LogP contribution in [0.3, 0.4) is 0 Å². The van der Waals surface area contributed by atoms with Crippen LogP contribution in [0.25, 0.3) is 0 Å². The Morgan fingerprint density at radius 2 is 0.806 bits per heavy atom. The fourth-order valence-corrected chi connectivity index (χ4v) is 13.0. The molecule has 0 radical (unpaired) electrons. The van der Waals surface area contributed by atoms with Crippen molar-refractivity contribution in [3.05, 3.63) is 106 Å². The second-order valence-corrected chi connectivity index (χ2v) is 16.7. The zero-order valence-electron chi connectivity index (χ0n) is 19.4. The molecule has 3 heteroatoms. The van der Waals surface area contributed by atoms with Gasteiger partial charge in [0.2, 0.25) is 0 Å². The molecule has 0 fully saturated rings. The predicted molar refractivity (Wildman–Crippen MR) is 127 cm³/mol. The van der Waals surface area contributed by atoms with E-state index in [2.05, 4.69) is 114 Å². The van der Waals surface area contributed by atoms with Crippen LogP contribution in [0.5, 0.6) is 11.5 Å². The summed E-state index contributed by atoms with van der Waals surface area (Å²) in [5.41, 5.74) is 7.67. The molecule has 0 N–H and O–H groups in total. The van der Waals surface area contributed by atoms with E-state index in [9.17, 15) is 0 Å². The Hall–Kier alpha value is -2.12. The predicted octanol–water partition coefficient (Wildman–Crippen LogP) is 7.81. The summed E-state index contributed by atoms with van der Waals surface area (Å²) in [6.07, 6.45) is 17.6. The first-order chi connectivity index (χ1) is 14.8. The summed E-state index contributed by atoms with van der Waals surface area (Å²) < 4.78 is 14.5. The van der Waals surface area contributed by atoms with Crippen LogP contribution in [0.1, 0.15) is 33.4 Å². The number of hydrogen-bond donors (Lipinski definition) is 0. The molecule has 4 rings (SSSR count). The van der Waals surface area contributed by atoms with Crippen LogP contribution in [-0.4, -0.2) is 0 Å². The topological polar surface area (TPSA) is 18.5 Å². The van der Waals surface area contributed by atoms with Crippen molar-refractivity contribution in [2.45, 2.75) is 48.8 Å². The van der Waals surface area contributed by atoms with Gasteiger partial charge >= 0.3 is 193 Å². The Balaban J connectivity index is 1.84. The molecule has 31 heavy (non-hydrogen) atoms. The third kappa shape index (κ3) is 4.30. The molecule has 0 aliphatic heterocycles. The maximum absolute atomic E-state index is 7.08. The summed E-state index contributed by atoms with van der Waals surface area (Å²) in [4.78, 5) is 0. The van der Waals surface area contributed by atoms with Crippen molar-refractivity contribution in [1.29, 1.82) is 0 Å². The molecule has 0 aromatic heterocycles. The van der Waals surface area contributed by atoms with E-state index in [4.69, 9.17) is 5.63 Å². The minimum absolute atomic E-state index is 0.190. The van der Waals surface area contributed by atoms with Gasteiger partial charge in [0.1, 0.15) is 0 Å². The van der Waals surface area contributed by atoms with Crippen LogP contribution in [-0.2, 0) is 21.1 Å². The van der Waals surface area contributed by atoms with Crippen LogP contribution in [0, 0.1) is 41.5 Å². The molecule has 0 heterocycles. The van der Waals surface area contributed by atoms with Gasteiger partial charge in [-0.25, -0.2) is 0 Å². The third-order valence-electron chi connectivity index (χ3n) is 6.78. The molecule has 0 bridgehead atoms. The van der Waals surface area contributed by atoms with Gasteiger partial charge in [-0.3, -0.25) is 0 Å². The standard InChI is InChI=1S/2C9H12O.2C5H5.Zr/c2*1-6-4-9(10)5-7(2)8(6)3;2*1-2-4-5-3-1;/h2*4-5,10H,1-3H3;2*1-5H;/q;;;;+2/p-2. The average Bonchev–Trinajstić information content (AvgIpc) is 3.44. The van der Waals surface area contributed by atoms with Crippen LogP contribution in [0.15, 0.2) is 72.9 Å². The van der Waals surface area contributed by atoms with Crippen molar-refractivity contribution in [3.63, 3.8) is 0 Å². The molecule has 0 atom stereocenters. The van der Waals surface area contributed by atoms with E-state index < -0.39 is 21.1 Å². The number of rotatable bonds is 6. The molecule has 2 aliphatic carbocycles. The zero-order valence-corrected chi connectivity index (χ0v) is 21.9. The normalized spacial score (nSPS) is 15.9. The van der Waals surface area contributed by atoms with Crippen LogP contribution in [0.2, 0.25) is 7.25 Å². The van der Waals surface area contributed by atoms with Gasteiger partial charge in [-0.15, -0.1) is 0 Å². The molecule has 2 aromatic carbocycles. The average molecular weight is 492 g/mol. The minimum atomic E-state index is -3.89. The van der Waals surface area contributed by atoms with Crippen molar-refractivity contribution in [2.75, 3.05) is 0 Å². The first kappa shape index (κ1) is 22.1. The van der Waals surface area contributed by atoms with E-state index in [1.54, 1.807) is 0 Å². The van der Waals surface area contributed by atoms with Crippen molar-refractivity contribution in [2.24, 2.45) is 0 Å². The van der Waals surface area contributed by atoms with Gasteiger partial charge in [-0.05, 0) is 0 Å². The van der Waals surface area contributed by atoms with Crippen LogP contribution in [0.4, 0.5) is 0 Å². The van der Waals surface area contributed by atoms with E-state index in [1.165, 1.54) is 33.4 Å². The molecular weight excluding hydrogens is 460 g/mol. The molecule has 2 aromatic rings. The Bertz CT molecular complexity index is 960. The molecule has 0 unspecified atom stereocenters. The first-order valence-electron chi connectivity index (χ1n) is 11.0. The summed E-state index contributed by atoms with van der Waals surface area (Å²) in [5, 5.41) is 0. The number of aryl methyl sites for hydroxylation is 4. The molecule has 2 nitrogen and oxygen atoms in total. The molecule has 0 spiro atoms. The van der Waals surface area contributed by atoms with E-state index in [0.717, 1.165) is 11.5 Å². The SMILES string of the molecule is Cc1cc([O][Zr]([O]c2cc(C)c(C)c(C)c2)([CH]2C=CC=C2)[CH]2C=CC=C2)cc(C)c1C. The first-order valence-corrected chi connectivity index (χ1v) is 15.9. The fraction of sp³-hybridized carbons (Fsp3) is 0.286. The summed E-state index contributed by atoms with van der Waals surface area (Å²) >= 11 is -3.89. The molecule has 0 amide bonds. The number of hydrogen-bond acceptors (Lipinski definition) is 2. The summed E-state index contributed by atoms with van der Waals surface area (Å²) in [6.45, 7) is 13.0. The van der Waals surface area contributed by atoms with E-state index in [-0.39, 0.29) is 7.25 Å². The summed E-state index contributed by atoms with van der Waals surface area (Å²) in [5.74, 6) is 1.86. The molecular formula is C28H32O2Zr. The molecule has 160 valence electrons. The monoisotopic (exact) mass is 490 g/mol. The van der Waals surface area contributed by atoms with Crippen molar-refractivity contribution < 1.29 is 26.8 Å². The van der Waals surface area contributed by atoms with Gasteiger partial charge in [-0.2, -0.15) is 0 Å². The molecule has 2 aliphatic rings. The molecule has 0 saturated carbocycles. The second kappa shape index (κ2) is 8.79. The Morgan fingerprint density at radius 3 is 1.10 bits per heavy atom. The fourth-order valence-electron chi connectivity index (χ4n) is 4.39. The van der Waals surface area contributed by atoms with Gasteiger partial charge < -0.3 is 0 Å². The van der Waals surface area contributed by atoms with Crippen LogP contribution >= 0.6 is 0 Å². The van der Waals surface area contributed by atoms with Crippen molar-refractivity contribution in [1.82, 2.24) is 0 Å². The number of benzene rings is 2. The van der Waals surface area contributed by atoms with Crippen molar-refractivity contribution >= 4 is 0 Å². The van der Waals surface area contributed by atoms with Gasteiger partial charge in [0.25, 0.3) is 0 Å². The third-order valence-corrected chi connectivity index (χ3v) is 16.0. The Labute approximate surface area is 192 Å². The summed E-state index contributed by atoms with van der Waals surface area (Å²) in [6, 6.07) is 8.70. The number of allylic oxidation sites excluding steroid dienone is 8. The van der Waals surface area contributed by atoms with E-state index in [1.807, 2.05) is 0 Å². The Kier molecular flexibility index (Phi) is 6.26. The second-order valence-electron chi connectivity index (χ2n) is 8.88.